The first-order valence-corrected chi connectivity index (χ1v) is 8.84. The van der Waals surface area contributed by atoms with Crippen LogP contribution in [-0.2, 0) is 12.8 Å². The Morgan fingerprint density at radius 1 is 1.04 bits per heavy atom. The number of rotatable bonds is 5. The summed E-state index contributed by atoms with van der Waals surface area (Å²) in [5.74, 6) is -1.34. The van der Waals surface area contributed by atoms with Crippen molar-refractivity contribution >= 4 is 21.8 Å². The molecule has 2 aromatic carbocycles. The molecular formula is C20H17BrN2O3. The van der Waals surface area contributed by atoms with Crippen molar-refractivity contribution in [3.05, 3.63) is 92.3 Å². The zero-order valence-electron chi connectivity index (χ0n) is 13.9. The van der Waals surface area contributed by atoms with Gasteiger partial charge in [0.1, 0.15) is 11.3 Å². The van der Waals surface area contributed by atoms with Crippen LogP contribution in [-0.4, -0.2) is 15.6 Å². The number of hydrogen-bond donors (Lipinski definition) is 2. The van der Waals surface area contributed by atoms with Crippen LogP contribution in [0.4, 0.5) is 0 Å². The van der Waals surface area contributed by atoms with E-state index in [-0.39, 0.29) is 5.75 Å². The van der Waals surface area contributed by atoms with Crippen molar-refractivity contribution in [2.24, 2.45) is 5.73 Å². The van der Waals surface area contributed by atoms with Gasteiger partial charge in [-0.05, 0) is 42.7 Å². The van der Waals surface area contributed by atoms with Crippen LogP contribution in [0.1, 0.15) is 21.6 Å². The number of aromatic hydroxyl groups is 1. The Hall–Kier alpha value is -2.86. The summed E-state index contributed by atoms with van der Waals surface area (Å²) >= 11 is 3.36. The molecule has 0 saturated heterocycles. The molecule has 3 aromatic rings. The van der Waals surface area contributed by atoms with Gasteiger partial charge in [-0.3, -0.25) is 14.2 Å². The van der Waals surface area contributed by atoms with Gasteiger partial charge in [0.25, 0.3) is 11.5 Å². The second kappa shape index (κ2) is 7.58. The zero-order chi connectivity index (χ0) is 18.7. The molecule has 1 aromatic heterocycles. The lowest BCUT2D eigenvalue weighted by atomic mass is 10.1. The van der Waals surface area contributed by atoms with Crippen molar-refractivity contribution in [1.29, 1.82) is 0 Å². The molecule has 132 valence electrons. The van der Waals surface area contributed by atoms with E-state index in [1.54, 1.807) is 24.3 Å². The van der Waals surface area contributed by atoms with Crippen molar-refractivity contribution in [2.45, 2.75) is 12.8 Å². The SMILES string of the molecule is NC(=O)c1c(O)cc(CCc2ccccc2)n(-c2ccc(Br)cc2)c1=O. The second-order valence-corrected chi connectivity index (χ2v) is 6.78. The Balaban J connectivity index is 2.11. The minimum Gasteiger partial charge on any atom is -0.507 e. The van der Waals surface area contributed by atoms with E-state index in [2.05, 4.69) is 15.9 Å². The molecule has 0 bridgehead atoms. The Kier molecular flexibility index (Phi) is 5.23. The van der Waals surface area contributed by atoms with E-state index in [0.717, 1.165) is 10.0 Å². The molecule has 3 rings (SSSR count). The highest BCUT2D eigenvalue weighted by Gasteiger charge is 2.19. The molecule has 0 fully saturated rings. The van der Waals surface area contributed by atoms with Crippen LogP contribution in [0.25, 0.3) is 5.69 Å². The maximum Gasteiger partial charge on any atom is 0.271 e. The van der Waals surface area contributed by atoms with Gasteiger partial charge < -0.3 is 10.8 Å². The summed E-state index contributed by atoms with van der Waals surface area (Å²) in [5.41, 5.74) is 6.57. The lowest BCUT2D eigenvalue weighted by Gasteiger charge is -2.15. The number of aryl methyl sites for hydroxylation is 2. The summed E-state index contributed by atoms with van der Waals surface area (Å²) in [4.78, 5) is 24.5. The first-order chi connectivity index (χ1) is 12.5. The average Bonchev–Trinajstić information content (AvgIpc) is 2.61. The van der Waals surface area contributed by atoms with Gasteiger partial charge in [0.2, 0.25) is 0 Å². The summed E-state index contributed by atoms with van der Waals surface area (Å²) in [6, 6.07) is 18.4. The maximum atomic E-state index is 12.8. The predicted molar refractivity (Wildman–Crippen MR) is 104 cm³/mol. The Morgan fingerprint density at radius 2 is 1.69 bits per heavy atom. The van der Waals surface area contributed by atoms with Crippen LogP contribution >= 0.6 is 15.9 Å². The summed E-state index contributed by atoms with van der Waals surface area (Å²) < 4.78 is 2.30. The topological polar surface area (TPSA) is 85.3 Å². The number of nitrogens with two attached hydrogens (primary N) is 1. The monoisotopic (exact) mass is 412 g/mol. The van der Waals surface area contributed by atoms with Gasteiger partial charge in [-0.25, -0.2) is 0 Å². The molecule has 0 atom stereocenters. The number of carbonyl (C=O) groups excluding carboxylic acids is 1. The summed E-state index contributed by atoms with van der Waals surface area (Å²) in [6.07, 6.45) is 1.20. The quantitative estimate of drug-likeness (QED) is 0.674. The number of amides is 1. The lowest BCUT2D eigenvalue weighted by Crippen LogP contribution is -2.30. The van der Waals surface area contributed by atoms with E-state index in [0.29, 0.717) is 24.2 Å². The number of halogens is 1. The minimum atomic E-state index is -0.951. The normalized spacial score (nSPS) is 10.7. The van der Waals surface area contributed by atoms with E-state index in [4.69, 9.17) is 5.73 Å². The molecule has 5 nitrogen and oxygen atoms in total. The maximum absolute atomic E-state index is 12.8. The molecule has 1 heterocycles. The number of hydrogen-bond acceptors (Lipinski definition) is 3. The molecule has 0 radical (unpaired) electrons. The van der Waals surface area contributed by atoms with Gasteiger partial charge in [-0.1, -0.05) is 46.3 Å². The molecule has 0 saturated carbocycles. The Labute approximate surface area is 158 Å². The van der Waals surface area contributed by atoms with Gasteiger partial charge in [0.05, 0.1) is 0 Å². The zero-order valence-corrected chi connectivity index (χ0v) is 15.4. The largest absolute Gasteiger partial charge is 0.507 e. The van der Waals surface area contributed by atoms with Gasteiger partial charge in [-0.2, -0.15) is 0 Å². The number of aromatic nitrogens is 1. The van der Waals surface area contributed by atoms with E-state index < -0.39 is 17.0 Å². The fourth-order valence-corrected chi connectivity index (χ4v) is 3.12. The number of benzene rings is 2. The number of primary amides is 1. The van der Waals surface area contributed by atoms with E-state index in [1.807, 2.05) is 30.3 Å². The third-order valence-corrected chi connectivity index (χ3v) is 4.64. The van der Waals surface area contributed by atoms with Crippen molar-refractivity contribution < 1.29 is 9.90 Å². The molecule has 0 aliphatic heterocycles. The molecule has 1 amide bonds. The number of nitrogens with zero attached hydrogens (tertiary/aromatic N) is 1. The summed E-state index contributed by atoms with van der Waals surface area (Å²) in [5, 5.41) is 10.1. The molecule has 3 N–H and O–H groups in total. The Bertz CT molecular complexity index is 996. The van der Waals surface area contributed by atoms with Gasteiger partial charge >= 0.3 is 0 Å². The van der Waals surface area contributed by atoms with Crippen LogP contribution < -0.4 is 11.3 Å². The number of pyridine rings is 1. The van der Waals surface area contributed by atoms with Crippen molar-refractivity contribution in [2.75, 3.05) is 0 Å². The average molecular weight is 413 g/mol. The van der Waals surface area contributed by atoms with Crippen LogP contribution in [0.2, 0.25) is 0 Å². The summed E-state index contributed by atoms with van der Waals surface area (Å²) in [7, 11) is 0. The lowest BCUT2D eigenvalue weighted by molar-refractivity contribution is 0.0996. The molecule has 0 aliphatic rings. The fourth-order valence-electron chi connectivity index (χ4n) is 2.85. The molecular weight excluding hydrogens is 396 g/mol. The molecule has 26 heavy (non-hydrogen) atoms. The highest BCUT2D eigenvalue weighted by molar-refractivity contribution is 9.10. The predicted octanol–water partition coefficient (Wildman–Crippen LogP) is 3.19. The van der Waals surface area contributed by atoms with Gasteiger partial charge in [0, 0.05) is 21.9 Å². The van der Waals surface area contributed by atoms with Crippen molar-refractivity contribution in [3.63, 3.8) is 0 Å². The number of carbonyl (C=O) groups is 1. The summed E-state index contributed by atoms with van der Waals surface area (Å²) in [6.45, 7) is 0. The van der Waals surface area contributed by atoms with Crippen LogP contribution in [0.3, 0.4) is 0 Å². The fraction of sp³-hybridized carbons (Fsp3) is 0.100. The highest BCUT2D eigenvalue weighted by atomic mass is 79.9. The van der Waals surface area contributed by atoms with Gasteiger partial charge in [-0.15, -0.1) is 0 Å². The standard InChI is InChI=1S/C20H17BrN2O3/c21-14-7-10-15(11-8-14)23-16(9-6-13-4-2-1-3-5-13)12-17(24)18(19(22)25)20(23)26/h1-5,7-8,10-12,24H,6,9H2,(H2,22,25). The molecule has 6 heteroatoms. The van der Waals surface area contributed by atoms with Gasteiger partial charge in [0.15, 0.2) is 0 Å². The van der Waals surface area contributed by atoms with E-state index in [1.165, 1.54) is 10.6 Å². The van der Waals surface area contributed by atoms with E-state index >= 15 is 0 Å². The van der Waals surface area contributed by atoms with Crippen molar-refractivity contribution in [3.8, 4) is 11.4 Å². The molecule has 0 aliphatic carbocycles. The van der Waals surface area contributed by atoms with Crippen LogP contribution in [0.15, 0.2) is 69.9 Å². The minimum absolute atomic E-state index is 0.390. The molecule has 0 spiro atoms. The smallest absolute Gasteiger partial charge is 0.271 e. The third kappa shape index (κ3) is 3.70. The second-order valence-electron chi connectivity index (χ2n) is 5.86. The first-order valence-electron chi connectivity index (χ1n) is 8.05. The van der Waals surface area contributed by atoms with Crippen LogP contribution in [0.5, 0.6) is 5.75 Å². The van der Waals surface area contributed by atoms with Crippen molar-refractivity contribution in [1.82, 2.24) is 4.57 Å². The first kappa shape index (κ1) is 17.9. The molecule has 0 unspecified atom stereocenters. The van der Waals surface area contributed by atoms with Crippen LogP contribution in [0, 0.1) is 0 Å². The van der Waals surface area contributed by atoms with E-state index in [9.17, 15) is 14.7 Å². The highest BCUT2D eigenvalue weighted by Crippen LogP contribution is 2.21. The Morgan fingerprint density at radius 3 is 2.31 bits per heavy atom. The third-order valence-electron chi connectivity index (χ3n) is 4.11.